The minimum absolute atomic E-state index is 0.0132. The van der Waals surface area contributed by atoms with E-state index in [1.165, 1.54) is 18.5 Å². The number of benzene rings is 1. The van der Waals surface area contributed by atoms with Crippen LogP contribution in [0, 0.1) is 12.7 Å². The number of nitrogens with two attached hydrogens (primary N) is 1. The molecule has 0 saturated heterocycles. The molecule has 1 heterocycles. The molecule has 106 valence electrons. The molecule has 1 aromatic carbocycles. The molecule has 8 heteroatoms. The Bertz CT molecular complexity index is 765. The summed E-state index contributed by atoms with van der Waals surface area (Å²) >= 11 is 2.93. The van der Waals surface area contributed by atoms with Crippen molar-refractivity contribution in [3.63, 3.8) is 0 Å². The standard InChI is InChI=1S/C12H11BrFN3O2S/c1-7-2-3-16-6-10(7)17-20(18,19)11-5-8(15)4-9(13)12(11)14/h2-6,17H,15H2,1H3. The van der Waals surface area contributed by atoms with Gasteiger partial charge in [-0.1, -0.05) is 0 Å². The minimum Gasteiger partial charge on any atom is -0.399 e. The maximum Gasteiger partial charge on any atom is 0.264 e. The van der Waals surface area contributed by atoms with Crippen LogP contribution in [0.2, 0.25) is 0 Å². The lowest BCUT2D eigenvalue weighted by Gasteiger charge is -2.11. The Labute approximate surface area is 124 Å². The molecule has 0 atom stereocenters. The predicted molar refractivity (Wildman–Crippen MR) is 78.3 cm³/mol. The van der Waals surface area contributed by atoms with Crippen molar-refractivity contribution in [3.8, 4) is 0 Å². The molecule has 0 bridgehead atoms. The third-order valence-electron chi connectivity index (χ3n) is 2.59. The number of aryl methyl sites for hydroxylation is 1. The topological polar surface area (TPSA) is 85.1 Å². The SMILES string of the molecule is Cc1ccncc1NS(=O)(=O)c1cc(N)cc(Br)c1F. The second-order valence-electron chi connectivity index (χ2n) is 4.11. The third kappa shape index (κ3) is 2.91. The minimum atomic E-state index is -4.09. The van der Waals surface area contributed by atoms with Crippen LogP contribution in [0.1, 0.15) is 5.56 Å². The van der Waals surface area contributed by atoms with E-state index >= 15 is 0 Å². The Morgan fingerprint density at radius 1 is 1.40 bits per heavy atom. The second-order valence-corrected chi connectivity index (χ2v) is 6.62. The van der Waals surface area contributed by atoms with E-state index in [4.69, 9.17) is 5.73 Å². The molecule has 0 aliphatic rings. The summed E-state index contributed by atoms with van der Waals surface area (Å²) < 4.78 is 40.7. The van der Waals surface area contributed by atoms with Gasteiger partial charge in [-0.25, -0.2) is 12.8 Å². The molecule has 0 saturated carbocycles. The number of hydrogen-bond donors (Lipinski definition) is 2. The number of rotatable bonds is 3. The van der Waals surface area contributed by atoms with Crippen LogP contribution in [0.5, 0.6) is 0 Å². The highest BCUT2D eigenvalue weighted by Crippen LogP contribution is 2.28. The Balaban J connectivity index is 2.49. The fourth-order valence-electron chi connectivity index (χ4n) is 1.55. The molecule has 5 nitrogen and oxygen atoms in total. The summed E-state index contributed by atoms with van der Waals surface area (Å²) in [5, 5.41) is 0. The van der Waals surface area contributed by atoms with Gasteiger partial charge in [0.25, 0.3) is 10.0 Å². The van der Waals surface area contributed by atoms with Crippen LogP contribution in [-0.4, -0.2) is 13.4 Å². The van der Waals surface area contributed by atoms with Crippen LogP contribution in [0.4, 0.5) is 15.8 Å². The fraction of sp³-hybridized carbons (Fsp3) is 0.0833. The van der Waals surface area contributed by atoms with Gasteiger partial charge in [0.1, 0.15) is 4.90 Å². The van der Waals surface area contributed by atoms with Gasteiger partial charge >= 0.3 is 0 Å². The van der Waals surface area contributed by atoms with Gasteiger partial charge in [0.05, 0.1) is 16.4 Å². The zero-order chi connectivity index (χ0) is 14.9. The second kappa shape index (κ2) is 5.37. The van der Waals surface area contributed by atoms with E-state index in [0.29, 0.717) is 5.56 Å². The van der Waals surface area contributed by atoms with Crippen LogP contribution >= 0.6 is 15.9 Å². The molecule has 0 fully saturated rings. The summed E-state index contributed by atoms with van der Waals surface area (Å²) in [4.78, 5) is 3.31. The van der Waals surface area contributed by atoms with Crippen molar-refractivity contribution in [2.45, 2.75) is 11.8 Å². The van der Waals surface area contributed by atoms with Crippen LogP contribution < -0.4 is 10.5 Å². The van der Waals surface area contributed by atoms with E-state index in [9.17, 15) is 12.8 Å². The van der Waals surface area contributed by atoms with E-state index in [1.54, 1.807) is 13.0 Å². The van der Waals surface area contributed by atoms with Gasteiger partial charge in [0.2, 0.25) is 0 Å². The molecule has 0 spiro atoms. The van der Waals surface area contributed by atoms with Crippen molar-refractivity contribution in [1.82, 2.24) is 4.98 Å². The van der Waals surface area contributed by atoms with Gasteiger partial charge in [0.15, 0.2) is 5.82 Å². The number of nitrogens with one attached hydrogen (secondary N) is 1. The van der Waals surface area contributed by atoms with Gasteiger partial charge in [-0.05, 0) is 46.6 Å². The van der Waals surface area contributed by atoms with Crippen molar-refractivity contribution < 1.29 is 12.8 Å². The monoisotopic (exact) mass is 359 g/mol. The first kappa shape index (κ1) is 14.7. The number of anilines is 2. The molecule has 1 aromatic heterocycles. The van der Waals surface area contributed by atoms with Crippen LogP contribution in [-0.2, 0) is 10.0 Å². The summed E-state index contributed by atoms with van der Waals surface area (Å²) in [7, 11) is -4.09. The Morgan fingerprint density at radius 2 is 2.10 bits per heavy atom. The summed E-state index contributed by atoms with van der Waals surface area (Å²) in [6.45, 7) is 1.71. The number of pyridine rings is 1. The lowest BCUT2D eigenvalue weighted by atomic mass is 10.3. The molecule has 3 N–H and O–H groups in total. The average molecular weight is 360 g/mol. The lowest BCUT2D eigenvalue weighted by Crippen LogP contribution is -2.16. The number of halogens is 2. The van der Waals surface area contributed by atoms with E-state index < -0.39 is 20.7 Å². The highest BCUT2D eigenvalue weighted by molar-refractivity contribution is 9.10. The third-order valence-corrected chi connectivity index (χ3v) is 4.53. The molecular weight excluding hydrogens is 349 g/mol. The number of aromatic nitrogens is 1. The van der Waals surface area contributed by atoms with Crippen molar-refractivity contribution in [2.24, 2.45) is 0 Å². The molecule has 0 aliphatic heterocycles. The Morgan fingerprint density at radius 3 is 2.75 bits per heavy atom. The van der Waals surface area contributed by atoms with Gasteiger partial charge in [-0.2, -0.15) is 0 Å². The molecule has 20 heavy (non-hydrogen) atoms. The highest BCUT2D eigenvalue weighted by Gasteiger charge is 2.22. The largest absolute Gasteiger partial charge is 0.399 e. The fourth-order valence-corrected chi connectivity index (χ4v) is 3.41. The van der Waals surface area contributed by atoms with Gasteiger partial charge in [0, 0.05) is 11.9 Å². The summed E-state index contributed by atoms with van der Waals surface area (Å²) in [6.07, 6.45) is 2.89. The zero-order valence-corrected chi connectivity index (χ0v) is 12.8. The number of hydrogen-bond acceptors (Lipinski definition) is 4. The smallest absolute Gasteiger partial charge is 0.264 e. The number of nitrogens with zero attached hydrogens (tertiary/aromatic N) is 1. The Kier molecular flexibility index (Phi) is 3.96. The van der Waals surface area contributed by atoms with E-state index in [1.807, 2.05) is 0 Å². The van der Waals surface area contributed by atoms with Crippen molar-refractivity contribution in [3.05, 3.63) is 46.4 Å². The lowest BCUT2D eigenvalue weighted by molar-refractivity contribution is 0.567. The Hall–Kier alpha value is -1.67. The van der Waals surface area contributed by atoms with Crippen molar-refractivity contribution in [2.75, 3.05) is 10.5 Å². The normalized spacial score (nSPS) is 11.3. The van der Waals surface area contributed by atoms with Gasteiger partial charge in [-0.15, -0.1) is 0 Å². The number of sulfonamides is 1. The first-order valence-corrected chi connectivity index (χ1v) is 7.77. The molecule has 0 unspecified atom stereocenters. The van der Waals surface area contributed by atoms with E-state index in [2.05, 4.69) is 25.6 Å². The molecule has 2 rings (SSSR count). The van der Waals surface area contributed by atoms with Crippen molar-refractivity contribution in [1.29, 1.82) is 0 Å². The first-order chi connectivity index (χ1) is 9.31. The molecule has 0 radical (unpaired) electrons. The number of nitrogen functional groups attached to an aromatic ring is 1. The summed E-state index contributed by atoms with van der Waals surface area (Å²) in [5.41, 5.74) is 6.64. The molecular formula is C12H11BrFN3O2S. The van der Waals surface area contributed by atoms with Gasteiger partial charge in [-0.3, -0.25) is 9.71 Å². The van der Waals surface area contributed by atoms with Crippen LogP contribution in [0.15, 0.2) is 40.0 Å². The zero-order valence-electron chi connectivity index (χ0n) is 10.4. The quantitative estimate of drug-likeness (QED) is 0.825. The summed E-state index contributed by atoms with van der Waals surface area (Å²) in [6, 6.07) is 4.00. The van der Waals surface area contributed by atoms with E-state index in [-0.39, 0.29) is 15.8 Å². The molecule has 2 aromatic rings. The van der Waals surface area contributed by atoms with Crippen LogP contribution in [0.3, 0.4) is 0 Å². The maximum absolute atomic E-state index is 13.9. The average Bonchev–Trinajstić information content (AvgIpc) is 2.36. The first-order valence-electron chi connectivity index (χ1n) is 5.49. The van der Waals surface area contributed by atoms with Gasteiger partial charge < -0.3 is 5.73 Å². The van der Waals surface area contributed by atoms with Crippen molar-refractivity contribution >= 4 is 37.3 Å². The highest BCUT2D eigenvalue weighted by atomic mass is 79.9. The van der Waals surface area contributed by atoms with E-state index in [0.717, 1.165) is 6.07 Å². The van der Waals surface area contributed by atoms with Crippen LogP contribution in [0.25, 0.3) is 0 Å². The summed E-state index contributed by atoms with van der Waals surface area (Å²) in [5.74, 6) is -0.895. The predicted octanol–water partition coefficient (Wildman–Crippen LogP) is 2.67. The maximum atomic E-state index is 13.9. The molecule has 0 aliphatic carbocycles. The molecule has 0 amide bonds.